The van der Waals surface area contributed by atoms with Gasteiger partial charge < -0.3 is 4.74 Å². The van der Waals surface area contributed by atoms with Gasteiger partial charge in [-0.05, 0) is 70.8 Å². The number of unbranched alkanes of at least 4 members (excludes halogenated alkanes) is 1. The van der Waals surface area contributed by atoms with Crippen molar-refractivity contribution in [1.82, 2.24) is 4.90 Å². The molecule has 0 aromatic heterocycles. The van der Waals surface area contributed by atoms with Gasteiger partial charge in [0.2, 0.25) is 0 Å². The zero-order valence-corrected chi connectivity index (χ0v) is 17.8. The largest absolute Gasteiger partial charge is 0.493 e. The second-order valence-electron chi connectivity index (χ2n) is 6.99. The van der Waals surface area contributed by atoms with Gasteiger partial charge in [-0.15, -0.1) is 12.4 Å². The summed E-state index contributed by atoms with van der Waals surface area (Å²) in [6.07, 6.45) is 2.19. The van der Waals surface area contributed by atoms with E-state index in [1.54, 1.807) is 0 Å². The topological polar surface area (TPSA) is 12.5 Å². The predicted molar refractivity (Wildman–Crippen MR) is 116 cm³/mol. The summed E-state index contributed by atoms with van der Waals surface area (Å²) in [7, 11) is 0. The van der Waals surface area contributed by atoms with Gasteiger partial charge in [0.15, 0.2) is 0 Å². The maximum Gasteiger partial charge on any atom is 0.127 e. The molecular formula is C22H31Cl2NO. The number of hydrogen-bond donors (Lipinski definition) is 0. The van der Waals surface area contributed by atoms with Crippen molar-refractivity contribution in [2.45, 2.75) is 52.6 Å². The lowest BCUT2D eigenvalue weighted by molar-refractivity contribution is 0.167. The highest BCUT2D eigenvalue weighted by Crippen LogP contribution is 2.32. The van der Waals surface area contributed by atoms with Gasteiger partial charge in [0.05, 0.1) is 6.61 Å². The van der Waals surface area contributed by atoms with E-state index in [9.17, 15) is 0 Å². The SMILES string of the molecule is CC(C)N(CCCCOc1ccc(Cl)cc1-c1ccccc1)C(C)C.Cl. The van der Waals surface area contributed by atoms with Crippen LogP contribution < -0.4 is 4.74 Å². The van der Waals surface area contributed by atoms with Crippen LogP contribution in [0.4, 0.5) is 0 Å². The minimum Gasteiger partial charge on any atom is -0.493 e. The van der Waals surface area contributed by atoms with Crippen LogP contribution in [0.25, 0.3) is 11.1 Å². The first-order valence-electron chi connectivity index (χ1n) is 9.22. The van der Waals surface area contributed by atoms with Gasteiger partial charge >= 0.3 is 0 Å². The Kier molecular flexibility index (Phi) is 10.1. The Balaban J connectivity index is 0.00000338. The van der Waals surface area contributed by atoms with Crippen molar-refractivity contribution in [2.75, 3.05) is 13.2 Å². The van der Waals surface area contributed by atoms with Gasteiger partial charge in [0, 0.05) is 22.7 Å². The van der Waals surface area contributed by atoms with Crippen LogP contribution in [0.15, 0.2) is 48.5 Å². The number of nitrogens with zero attached hydrogens (tertiary/aromatic N) is 1. The van der Waals surface area contributed by atoms with E-state index in [1.165, 1.54) is 0 Å². The Hall–Kier alpha value is -1.22. The molecule has 0 heterocycles. The molecule has 0 amide bonds. The summed E-state index contributed by atoms with van der Waals surface area (Å²) in [6.45, 7) is 10.9. The average molecular weight is 396 g/mol. The lowest BCUT2D eigenvalue weighted by Gasteiger charge is -2.30. The summed E-state index contributed by atoms with van der Waals surface area (Å²) in [4.78, 5) is 2.53. The monoisotopic (exact) mass is 395 g/mol. The van der Waals surface area contributed by atoms with E-state index in [0.717, 1.165) is 47.9 Å². The smallest absolute Gasteiger partial charge is 0.127 e. The van der Waals surface area contributed by atoms with Crippen molar-refractivity contribution < 1.29 is 4.74 Å². The highest BCUT2D eigenvalue weighted by Gasteiger charge is 2.12. The Morgan fingerprint density at radius 2 is 1.58 bits per heavy atom. The number of halogens is 2. The molecule has 0 radical (unpaired) electrons. The third-order valence-corrected chi connectivity index (χ3v) is 4.66. The van der Waals surface area contributed by atoms with Crippen LogP contribution in [0.5, 0.6) is 5.75 Å². The van der Waals surface area contributed by atoms with Gasteiger partial charge in [-0.25, -0.2) is 0 Å². The molecule has 4 heteroatoms. The van der Waals surface area contributed by atoms with Gasteiger partial charge in [0.1, 0.15) is 5.75 Å². The minimum absolute atomic E-state index is 0. The number of rotatable bonds is 9. The van der Waals surface area contributed by atoms with Crippen molar-refractivity contribution >= 4 is 24.0 Å². The molecule has 0 aliphatic carbocycles. The molecular weight excluding hydrogens is 365 g/mol. The molecule has 2 nitrogen and oxygen atoms in total. The summed E-state index contributed by atoms with van der Waals surface area (Å²) in [5.74, 6) is 0.903. The van der Waals surface area contributed by atoms with Crippen LogP contribution in [0, 0.1) is 0 Å². The highest BCUT2D eigenvalue weighted by molar-refractivity contribution is 6.31. The maximum absolute atomic E-state index is 6.18. The van der Waals surface area contributed by atoms with E-state index in [-0.39, 0.29) is 12.4 Å². The molecule has 2 aromatic rings. The molecule has 0 aliphatic heterocycles. The van der Waals surface area contributed by atoms with Crippen LogP contribution in [0.3, 0.4) is 0 Å². The summed E-state index contributed by atoms with van der Waals surface area (Å²) in [5.41, 5.74) is 2.19. The fourth-order valence-corrected chi connectivity index (χ4v) is 3.33. The third-order valence-electron chi connectivity index (χ3n) is 4.42. The molecule has 2 aromatic carbocycles. The van der Waals surface area contributed by atoms with Gasteiger partial charge in [0.25, 0.3) is 0 Å². The third kappa shape index (κ3) is 6.83. The number of ether oxygens (including phenoxy) is 1. The summed E-state index contributed by atoms with van der Waals surface area (Å²) < 4.78 is 6.07. The fraction of sp³-hybridized carbons (Fsp3) is 0.455. The van der Waals surface area contributed by atoms with E-state index >= 15 is 0 Å². The first kappa shape index (κ1) is 22.8. The molecule has 2 rings (SSSR count). The van der Waals surface area contributed by atoms with Gasteiger partial charge in [-0.1, -0.05) is 41.9 Å². The molecule has 26 heavy (non-hydrogen) atoms. The molecule has 0 atom stereocenters. The van der Waals surface area contributed by atoms with Crippen LogP contribution in [-0.2, 0) is 0 Å². The fourth-order valence-electron chi connectivity index (χ4n) is 3.16. The van der Waals surface area contributed by atoms with Crippen LogP contribution in [-0.4, -0.2) is 30.1 Å². The lowest BCUT2D eigenvalue weighted by Crippen LogP contribution is -2.37. The quantitative estimate of drug-likeness (QED) is 0.437. The Morgan fingerprint density at radius 3 is 2.19 bits per heavy atom. The molecule has 0 fully saturated rings. The molecule has 0 bridgehead atoms. The minimum atomic E-state index is 0. The van der Waals surface area contributed by atoms with E-state index in [2.05, 4.69) is 44.7 Å². The average Bonchev–Trinajstić information content (AvgIpc) is 2.59. The summed E-state index contributed by atoms with van der Waals surface area (Å²) in [6, 6.07) is 17.3. The number of benzene rings is 2. The molecule has 0 unspecified atom stereocenters. The highest BCUT2D eigenvalue weighted by atomic mass is 35.5. The van der Waals surface area contributed by atoms with E-state index in [1.807, 2.05) is 36.4 Å². The van der Waals surface area contributed by atoms with Gasteiger partial charge in [-0.3, -0.25) is 4.90 Å². The van der Waals surface area contributed by atoms with Crippen molar-refractivity contribution in [2.24, 2.45) is 0 Å². The summed E-state index contributed by atoms with van der Waals surface area (Å²) >= 11 is 6.18. The normalized spacial score (nSPS) is 11.1. The van der Waals surface area contributed by atoms with E-state index < -0.39 is 0 Å². The van der Waals surface area contributed by atoms with Crippen molar-refractivity contribution in [3.05, 3.63) is 53.6 Å². The van der Waals surface area contributed by atoms with Crippen molar-refractivity contribution in [3.8, 4) is 16.9 Å². The molecule has 0 saturated carbocycles. The maximum atomic E-state index is 6.18. The predicted octanol–water partition coefficient (Wildman–Crippen LogP) is 6.71. The molecule has 0 N–H and O–H groups in total. The van der Waals surface area contributed by atoms with E-state index in [4.69, 9.17) is 16.3 Å². The second-order valence-corrected chi connectivity index (χ2v) is 7.42. The van der Waals surface area contributed by atoms with Crippen LogP contribution >= 0.6 is 24.0 Å². The molecule has 0 saturated heterocycles. The first-order valence-corrected chi connectivity index (χ1v) is 9.60. The molecule has 0 spiro atoms. The standard InChI is InChI=1S/C22H30ClNO.ClH/c1-17(2)24(18(3)4)14-8-9-15-25-22-13-12-20(23)16-21(22)19-10-6-5-7-11-19;/h5-7,10-13,16-18H,8-9,14-15H2,1-4H3;1H. The van der Waals surface area contributed by atoms with Crippen LogP contribution in [0.1, 0.15) is 40.5 Å². The zero-order valence-electron chi connectivity index (χ0n) is 16.2. The molecule has 0 aliphatic rings. The Bertz CT molecular complexity index is 636. The number of hydrogen-bond acceptors (Lipinski definition) is 2. The lowest BCUT2D eigenvalue weighted by atomic mass is 10.0. The zero-order chi connectivity index (χ0) is 18.2. The Labute approximate surface area is 169 Å². The Morgan fingerprint density at radius 1 is 0.923 bits per heavy atom. The van der Waals surface area contributed by atoms with Crippen molar-refractivity contribution in [3.63, 3.8) is 0 Å². The summed E-state index contributed by atoms with van der Waals surface area (Å²) in [5, 5.41) is 0.732. The molecule has 144 valence electrons. The van der Waals surface area contributed by atoms with Crippen molar-refractivity contribution in [1.29, 1.82) is 0 Å². The second kappa shape index (κ2) is 11.5. The van der Waals surface area contributed by atoms with Gasteiger partial charge in [-0.2, -0.15) is 0 Å². The first-order chi connectivity index (χ1) is 12.0. The van der Waals surface area contributed by atoms with Crippen LogP contribution in [0.2, 0.25) is 5.02 Å². The van der Waals surface area contributed by atoms with E-state index in [0.29, 0.717) is 12.1 Å².